The zero-order valence-corrected chi connectivity index (χ0v) is 15.9. The molecule has 0 spiro atoms. The third-order valence-electron chi connectivity index (χ3n) is 4.91. The zero-order valence-electron chi connectivity index (χ0n) is 15.1. The average Bonchev–Trinajstić information content (AvgIpc) is 3.00. The fraction of sp³-hybridized carbons (Fsp3) is 0.381. The van der Waals surface area contributed by atoms with Gasteiger partial charge in [0, 0.05) is 5.56 Å². The van der Waals surface area contributed by atoms with Gasteiger partial charge in [0.2, 0.25) is 0 Å². The van der Waals surface area contributed by atoms with Crippen LogP contribution in [0.1, 0.15) is 36.1 Å². The van der Waals surface area contributed by atoms with Crippen molar-refractivity contribution in [3.63, 3.8) is 0 Å². The number of rotatable bonds is 6. The molecule has 0 saturated carbocycles. The van der Waals surface area contributed by atoms with Crippen LogP contribution in [0.3, 0.4) is 0 Å². The lowest BCUT2D eigenvalue weighted by Crippen LogP contribution is -2.23. The van der Waals surface area contributed by atoms with Crippen LogP contribution in [0.5, 0.6) is 5.75 Å². The molecule has 2 aromatic rings. The molecule has 0 unspecified atom stereocenters. The van der Waals surface area contributed by atoms with Gasteiger partial charge in [-0.15, -0.1) is 0 Å². The van der Waals surface area contributed by atoms with Gasteiger partial charge in [-0.3, -0.25) is 0 Å². The first-order chi connectivity index (χ1) is 12.4. The van der Waals surface area contributed by atoms with Crippen molar-refractivity contribution in [1.29, 1.82) is 5.26 Å². The van der Waals surface area contributed by atoms with E-state index in [2.05, 4.69) is 6.07 Å². The Morgan fingerprint density at radius 2 is 1.88 bits per heavy atom. The Bertz CT molecular complexity index is 942. The Balaban J connectivity index is 1.67. The summed E-state index contributed by atoms with van der Waals surface area (Å²) in [4.78, 5) is 0. The van der Waals surface area contributed by atoms with Crippen molar-refractivity contribution in [2.75, 3.05) is 5.75 Å². The lowest BCUT2D eigenvalue weighted by atomic mass is 10.1. The minimum absolute atomic E-state index is 0.145. The molecule has 4 nitrogen and oxygen atoms in total. The number of hydrogen-bond donors (Lipinski definition) is 0. The highest BCUT2D eigenvalue weighted by Crippen LogP contribution is 2.31. The molecule has 1 aliphatic carbocycles. The molecule has 0 saturated heterocycles. The predicted molar refractivity (Wildman–Crippen MR) is 102 cm³/mol. The van der Waals surface area contributed by atoms with Crippen LogP contribution in [0, 0.1) is 17.2 Å². The summed E-state index contributed by atoms with van der Waals surface area (Å²) in [6.07, 6.45) is 1.58. The van der Waals surface area contributed by atoms with E-state index in [1.54, 1.807) is 19.9 Å². The average molecular weight is 369 g/mol. The molecule has 26 heavy (non-hydrogen) atoms. The topological polar surface area (TPSA) is 67.2 Å². The van der Waals surface area contributed by atoms with Crippen molar-refractivity contribution in [3.05, 3.63) is 64.7 Å². The monoisotopic (exact) mass is 369 g/mol. The molecule has 0 radical (unpaired) electrons. The molecule has 0 N–H and O–H groups in total. The summed E-state index contributed by atoms with van der Waals surface area (Å²) in [6, 6.07) is 15.5. The predicted octanol–water partition coefficient (Wildman–Crippen LogP) is 3.68. The van der Waals surface area contributed by atoms with Gasteiger partial charge in [0.1, 0.15) is 12.4 Å². The molecule has 5 heteroatoms. The molecular formula is C21H23NO3S. The minimum Gasteiger partial charge on any atom is -0.489 e. The maximum atomic E-state index is 12.2. The Morgan fingerprint density at radius 1 is 1.15 bits per heavy atom. The molecule has 1 aliphatic rings. The van der Waals surface area contributed by atoms with E-state index in [1.807, 2.05) is 36.4 Å². The highest BCUT2D eigenvalue weighted by atomic mass is 32.2. The minimum atomic E-state index is -3.03. The van der Waals surface area contributed by atoms with E-state index >= 15 is 0 Å². The van der Waals surface area contributed by atoms with Gasteiger partial charge in [0.05, 0.1) is 22.6 Å². The fourth-order valence-corrected chi connectivity index (χ4v) is 4.61. The SMILES string of the molecule is CC(C)S(=O)(=O)C[C@H]1Cc2ccc(OCc3ccccc3C#N)cc2C1. The van der Waals surface area contributed by atoms with Crippen LogP contribution in [0.4, 0.5) is 0 Å². The van der Waals surface area contributed by atoms with Gasteiger partial charge in [-0.2, -0.15) is 5.26 Å². The van der Waals surface area contributed by atoms with Crippen LogP contribution in [-0.4, -0.2) is 19.4 Å². The highest BCUT2D eigenvalue weighted by molar-refractivity contribution is 7.91. The molecule has 0 aliphatic heterocycles. The number of hydrogen-bond acceptors (Lipinski definition) is 4. The molecule has 3 rings (SSSR count). The van der Waals surface area contributed by atoms with E-state index in [9.17, 15) is 8.42 Å². The number of ether oxygens (including phenoxy) is 1. The van der Waals surface area contributed by atoms with Gasteiger partial charge in [-0.1, -0.05) is 24.3 Å². The first-order valence-corrected chi connectivity index (χ1v) is 10.5. The summed E-state index contributed by atoms with van der Waals surface area (Å²) >= 11 is 0. The number of benzene rings is 2. The molecule has 0 bridgehead atoms. The summed E-state index contributed by atoms with van der Waals surface area (Å²) in [6.45, 7) is 3.82. The van der Waals surface area contributed by atoms with Crippen molar-refractivity contribution in [1.82, 2.24) is 0 Å². The van der Waals surface area contributed by atoms with E-state index in [4.69, 9.17) is 10.00 Å². The number of nitrogens with zero attached hydrogens (tertiary/aromatic N) is 1. The van der Waals surface area contributed by atoms with Crippen molar-refractivity contribution in [2.45, 2.75) is 38.5 Å². The van der Waals surface area contributed by atoms with Gasteiger partial charge < -0.3 is 4.74 Å². The van der Waals surface area contributed by atoms with Crippen molar-refractivity contribution >= 4 is 9.84 Å². The molecular weight excluding hydrogens is 346 g/mol. The van der Waals surface area contributed by atoms with Crippen LogP contribution in [0.15, 0.2) is 42.5 Å². The normalized spacial score (nSPS) is 16.3. The lowest BCUT2D eigenvalue weighted by molar-refractivity contribution is 0.305. The molecule has 136 valence electrons. The standard InChI is InChI=1S/C21H23NO3S/c1-15(2)26(23,24)14-16-9-17-7-8-21(11-20(17)10-16)25-13-19-6-4-3-5-18(19)12-22/h3-8,11,15-16H,9-10,13-14H2,1-2H3/t16-/m0/s1. The quantitative estimate of drug-likeness (QED) is 0.779. The van der Waals surface area contributed by atoms with E-state index in [-0.39, 0.29) is 16.9 Å². The number of sulfone groups is 1. The highest BCUT2D eigenvalue weighted by Gasteiger charge is 2.28. The molecule has 0 amide bonds. The van der Waals surface area contributed by atoms with Crippen LogP contribution in [0.2, 0.25) is 0 Å². The summed E-state index contributed by atoms with van der Waals surface area (Å²) < 4.78 is 30.2. The lowest BCUT2D eigenvalue weighted by Gasteiger charge is -2.12. The number of nitriles is 1. The summed E-state index contributed by atoms with van der Waals surface area (Å²) in [7, 11) is -3.03. The first-order valence-electron chi connectivity index (χ1n) is 8.83. The summed E-state index contributed by atoms with van der Waals surface area (Å²) in [5.74, 6) is 1.14. The Labute approximate surface area is 155 Å². The Kier molecular flexibility index (Phi) is 5.33. The molecule has 0 fully saturated rings. The van der Waals surface area contributed by atoms with Crippen LogP contribution < -0.4 is 4.74 Å². The summed E-state index contributed by atoms with van der Waals surface area (Å²) in [5, 5.41) is 8.82. The van der Waals surface area contributed by atoms with E-state index in [0.29, 0.717) is 12.2 Å². The van der Waals surface area contributed by atoms with E-state index in [1.165, 1.54) is 11.1 Å². The largest absolute Gasteiger partial charge is 0.489 e. The van der Waals surface area contributed by atoms with Gasteiger partial charge in [-0.05, 0) is 61.9 Å². The molecule has 0 heterocycles. The van der Waals surface area contributed by atoms with E-state index < -0.39 is 9.84 Å². The van der Waals surface area contributed by atoms with Gasteiger partial charge in [0.25, 0.3) is 0 Å². The smallest absolute Gasteiger partial charge is 0.152 e. The van der Waals surface area contributed by atoms with Crippen molar-refractivity contribution in [3.8, 4) is 11.8 Å². The third kappa shape index (κ3) is 4.08. The van der Waals surface area contributed by atoms with E-state index in [0.717, 1.165) is 24.2 Å². The van der Waals surface area contributed by atoms with Gasteiger partial charge >= 0.3 is 0 Å². The second-order valence-electron chi connectivity index (χ2n) is 7.14. The van der Waals surface area contributed by atoms with Gasteiger partial charge in [-0.25, -0.2) is 8.42 Å². The van der Waals surface area contributed by atoms with Crippen LogP contribution >= 0.6 is 0 Å². The second kappa shape index (κ2) is 7.51. The molecule has 0 aromatic heterocycles. The van der Waals surface area contributed by atoms with Crippen LogP contribution in [-0.2, 0) is 29.3 Å². The summed E-state index contributed by atoms with van der Waals surface area (Å²) in [5.41, 5.74) is 3.85. The Hall–Kier alpha value is -2.32. The number of fused-ring (bicyclic) bond motifs is 1. The van der Waals surface area contributed by atoms with Crippen molar-refractivity contribution < 1.29 is 13.2 Å². The Morgan fingerprint density at radius 3 is 2.62 bits per heavy atom. The zero-order chi connectivity index (χ0) is 18.7. The van der Waals surface area contributed by atoms with Gasteiger partial charge in [0.15, 0.2) is 9.84 Å². The molecule has 2 aromatic carbocycles. The van der Waals surface area contributed by atoms with Crippen LogP contribution in [0.25, 0.3) is 0 Å². The maximum absolute atomic E-state index is 12.2. The maximum Gasteiger partial charge on any atom is 0.152 e. The van der Waals surface area contributed by atoms with Crippen molar-refractivity contribution in [2.24, 2.45) is 5.92 Å². The fourth-order valence-electron chi connectivity index (χ4n) is 3.33. The first kappa shape index (κ1) is 18.5. The second-order valence-corrected chi connectivity index (χ2v) is 9.74. The molecule has 1 atom stereocenters. The third-order valence-corrected chi connectivity index (χ3v) is 7.29.